The van der Waals surface area contributed by atoms with E-state index in [0.29, 0.717) is 25.7 Å². The van der Waals surface area contributed by atoms with Gasteiger partial charge in [0.15, 0.2) is 0 Å². The third-order valence-electron chi connectivity index (χ3n) is 5.55. The molecule has 162 valence electrons. The van der Waals surface area contributed by atoms with Crippen LogP contribution in [-0.4, -0.2) is 99.7 Å². The standard InChI is InChI=1S/C19H31N5O4S/c1-22(2)19(25)23-10-5-17(15-23)24(16-6-12-28-13-7-16)11-9-21-29(26,27)18-4-3-8-20-14-18/h3-4,8,14,16-17,21H,5-7,9-13,15H2,1-2H3. The quantitative estimate of drug-likeness (QED) is 0.687. The van der Waals surface area contributed by atoms with Crippen molar-refractivity contribution < 1.29 is 17.9 Å². The van der Waals surface area contributed by atoms with Gasteiger partial charge >= 0.3 is 6.03 Å². The molecule has 0 aromatic carbocycles. The lowest BCUT2D eigenvalue weighted by Gasteiger charge is -2.38. The van der Waals surface area contributed by atoms with Gasteiger partial charge in [0, 0.05) is 78.0 Å². The maximum atomic E-state index is 12.5. The van der Waals surface area contributed by atoms with Crippen molar-refractivity contribution >= 4 is 16.1 Å². The van der Waals surface area contributed by atoms with E-state index in [4.69, 9.17) is 4.74 Å². The average molecular weight is 426 g/mol. The van der Waals surface area contributed by atoms with Crippen molar-refractivity contribution in [1.82, 2.24) is 24.4 Å². The summed E-state index contributed by atoms with van der Waals surface area (Å²) in [4.78, 5) is 22.2. The van der Waals surface area contributed by atoms with Gasteiger partial charge in [0.05, 0.1) is 0 Å². The number of urea groups is 1. The number of carbonyl (C=O) groups is 1. The molecular weight excluding hydrogens is 394 g/mol. The molecule has 1 aromatic rings. The number of rotatable bonds is 7. The average Bonchev–Trinajstić information content (AvgIpc) is 3.21. The topological polar surface area (TPSA) is 95.1 Å². The molecule has 29 heavy (non-hydrogen) atoms. The van der Waals surface area contributed by atoms with Gasteiger partial charge in [-0.2, -0.15) is 0 Å². The molecule has 0 spiro atoms. The maximum Gasteiger partial charge on any atom is 0.319 e. The molecule has 1 atom stereocenters. The van der Waals surface area contributed by atoms with Crippen LogP contribution in [0.15, 0.2) is 29.4 Å². The molecule has 0 radical (unpaired) electrons. The number of hydrogen-bond donors (Lipinski definition) is 1. The number of carbonyl (C=O) groups excluding carboxylic acids is 1. The molecule has 1 aromatic heterocycles. The van der Waals surface area contributed by atoms with Gasteiger partial charge in [-0.25, -0.2) is 17.9 Å². The lowest BCUT2D eigenvalue weighted by Crippen LogP contribution is -2.50. The Balaban J connectivity index is 1.63. The van der Waals surface area contributed by atoms with Gasteiger partial charge < -0.3 is 14.5 Å². The van der Waals surface area contributed by atoms with Crippen molar-refractivity contribution in [2.75, 3.05) is 53.5 Å². The van der Waals surface area contributed by atoms with Crippen molar-refractivity contribution in [3.05, 3.63) is 24.5 Å². The molecule has 3 rings (SSSR count). The highest BCUT2D eigenvalue weighted by Crippen LogP contribution is 2.23. The van der Waals surface area contributed by atoms with Crippen LogP contribution < -0.4 is 4.72 Å². The summed E-state index contributed by atoms with van der Waals surface area (Å²) in [6.07, 6.45) is 5.64. The maximum absolute atomic E-state index is 12.5. The van der Waals surface area contributed by atoms with Gasteiger partial charge in [0.2, 0.25) is 10.0 Å². The predicted molar refractivity (Wildman–Crippen MR) is 109 cm³/mol. The number of nitrogens with one attached hydrogen (secondary N) is 1. The highest BCUT2D eigenvalue weighted by Gasteiger charge is 2.35. The summed E-state index contributed by atoms with van der Waals surface area (Å²) in [6, 6.07) is 3.73. The fourth-order valence-corrected chi connectivity index (χ4v) is 5.03. The molecule has 0 bridgehead atoms. The van der Waals surface area contributed by atoms with Crippen LogP contribution in [0.25, 0.3) is 0 Å². The Labute approximate surface area is 173 Å². The molecule has 3 heterocycles. The summed E-state index contributed by atoms with van der Waals surface area (Å²) >= 11 is 0. The molecule has 1 unspecified atom stereocenters. The van der Waals surface area contributed by atoms with Crippen LogP contribution in [0.1, 0.15) is 19.3 Å². The van der Waals surface area contributed by atoms with E-state index >= 15 is 0 Å². The lowest BCUT2D eigenvalue weighted by molar-refractivity contribution is 0.0193. The zero-order chi connectivity index (χ0) is 20.9. The summed E-state index contributed by atoms with van der Waals surface area (Å²) in [5.74, 6) is 0. The number of aromatic nitrogens is 1. The molecule has 10 heteroatoms. The SMILES string of the molecule is CN(C)C(=O)N1CCC(N(CCNS(=O)(=O)c2cccnc2)C2CCOCC2)C1. The first-order valence-corrected chi connectivity index (χ1v) is 11.6. The number of hydrogen-bond acceptors (Lipinski definition) is 6. The first-order chi connectivity index (χ1) is 13.9. The first kappa shape index (κ1) is 21.9. The second-order valence-electron chi connectivity index (χ2n) is 7.73. The number of nitrogens with zero attached hydrogens (tertiary/aromatic N) is 4. The monoisotopic (exact) mass is 425 g/mol. The van der Waals surface area contributed by atoms with Gasteiger partial charge in [0.25, 0.3) is 0 Å². The number of amides is 2. The predicted octanol–water partition coefficient (Wildman–Crippen LogP) is 0.597. The highest BCUT2D eigenvalue weighted by atomic mass is 32.2. The fourth-order valence-electron chi connectivity index (χ4n) is 4.05. The number of likely N-dealkylation sites (tertiary alicyclic amines) is 1. The molecule has 0 aliphatic carbocycles. The summed E-state index contributed by atoms with van der Waals surface area (Å²) < 4.78 is 33.2. The Bertz CT molecular complexity index is 768. The minimum atomic E-state index is -3.58. The van der Waals surface area contributed by atoms with Crippen LogP contribution in [0, 0.1) is 0 Å². The van der Waals surface area contributed by atoms with Gasteiger partial charge in [-0.15, -0.1) is 0 Å². The van der Waals surface area contributed by atoms with Crippen LogP contribution in [0.2, 0.25) is 0 Å². The number of ether oxygens (including phenoxy) is 1. The van der Waals surface area contributed by atoms with Gasteiger partial charge in [0.1, 0.15) is 4.90 Å². The largest absolute Gasteiger partial charge is 0.381 e. The zero-order valence-corrected chi connectivity index (χ0v) is 18.0. The molecule has 0 saturated carbocycles. The van der Waals surface area contributed by atoms with E-state index in [1.165, 1.54) is 12.3 Å². The smallest absolute Gasteiger partial charge is 0.319 e. The molecule has 2 aliphatic heterocycles. The Morgan fingerprint density at radius 2 is 2.03 bits per heavy atom. The van der Waals surface area contributed by atoms with Crippen molar-refractivity contribution in [3.8, 4) is 0 Å². The minimum Gasteiger partial charge on any atom is -0.381 e. The van der Waals surface area contributed by atoms with E-state index in [9.17, 15) is 13.2 Å². The van der Waals surface area contributed by atoms with E-state index < -0.39 is 10.0 Å². The van der Waals surface area contributed by atoms with E-state index in [-0.39, 0.29) is 17.0 Å². The van der Waals surface area contributed by atoms with E-state index in [2.05, 4.69) is 14.6 Å². The van der Waals surface area contributed by atoms with Crippen LogP contribution in [0.3, 0.4) is 0 Å². The summed E-state index contributed by atoms with van der Waals surface area (Å²) in [7, 11) is -0.0547. The molecule has 2 aliphatic rings. The zero-order valence-electron chi connectivity index (χ0n) is 17.2. The molecule has 2 saturated heterocycles. The third kappa shape index (κ3) is 5.65. The van der Waals surface area contributed by atoms with E-state index in [1.54, 1.807) is 31.3 Å². The van der Waals surface area contributed by atoms with Crippen molar-refractivity contribution in [2.45, 2.75) is 36.2 Å². The van der Waals surface area contributed by atoms with Crippen molar-refractivity contribution in [1.29, 1.82) is 0 Å². The Kier molecular flexibility index (Phi) is 7.44. The minimum absolute atomic E-state index is 0.0247. The summed E-state index contributed by atoms with van der Waals surface area (Å²) in [6.45, 7) is 3.74. The van der Waals surface area contributed by atoms with Gasteiger partial charge in [-0.1, -0.05) is 0 Å². The summed E-state index contributed by atoms with van der Waals surface area (Å²) in [5, 5.41) is 0. The van der Waals surface area contributed by atoms with Gasteiger partial charge in [-0.05, 0) is 31.4 Å². The van der Waals surface area contributed by atoms with E-state index in [1.807, 2.05) is 4.90 Å². The van der Waals surface area contributed by atoms with Crippen molar-refractivity contribution in [3.63, 3.8) is 0 Å². The molecule has 2 fully saturated rings. The first-order valence-electron chi connectivity index (χ1n) is 10.1. The summed E-state index contributed by atoms with van der Waals surface area (Å²) in [5.41, 5.74) is 0. The number of pyridine rings is 1. The van der Waals surface area contributed by atoms with E-state index in [0.717, 1.165) is 39.0 Å². The van der Waals surface area contributed by atoms with Crippen LogP contribution >= 0.6 is 0 Å². The molecule has 9 nitrogen and oxygen atoms in total. The van der Waals surface area contributed by atoms with Crippen LogP contribution in [-0.2, 0) is 14.8 Å². The van der Waals surface area contributed by atoms with Gasteiger partial charge in [-0.3, -0.25) is 9.88 Å². The molecule has 1 N–H and O–H groups in total. The number of sulfonamides is 1. The second-order valence-corrected chi connectivity index (χ2v) is 9.50. The highest BCUT2D eigenvalue weighted by molar-refractivity contribution is 7.89. The normalized spacial score (nSPS) is 20.9. The Morgan fingerprint density at radius 1 is 1.28 bits per heavy atom. The molecule has 2 amide bonds. The fraction of sp³-hybridized carbons (Fsp3) is 0.684. The third-order valence-corrected chi connectivity index (χ3v) is 7.00. The van der Waals surface area contributed by atoms with Crippen LogP contribution in [0.5, 0.6) is 0 Å². The Hall–Kier alpha value is -1.75. The van der Waals surface area contributed by atoms with Crippen molar-refractivity contribution in [2.24, 2.45) is 0 Å². The lowest BCUT2D eigenvalue weighted by atomic mass is 10.0. The second kappa shape index (κ2) is 9.84. The molecular formula is C19H31N5O4S. The van der Waals surface area contributed by atoms with Crippen LogP contribution in [0.4, 0.5) is 4.79 Å². The Morgan fingerprint density at radius 3 is 2.69 bits per heavy atom.